The summed E-state index contributed by atoms with van der Waals surface area (Å²) in [5.74, 6) is 0.0348. The summed E-state index contributed by atoms with van der Waals surface area (Å²) in [5.41, 5.74) is 7.86. The lowest BCUT2D eigenvalue weighted by molar-refractivity contribution is 0.0973. The van der Waals surface area contributed by atoms with Gasteiger partial charge in [0.1, 0.15) is 11.4 Å². The lowest BCUT2D eigenvalue weighted by Gasteiger charge is -2.28. The number of allylic oxidation sites excluding steroid dienone is 7. The van der Waals surface area contributed by atoms with E-state index in [1.54, 1.807) is 6.08 Å². The molecule has 3 rings (SSSR count). The van der Waals surface area contributed by atoms with Crippen LogP contribution in [0.3, 0.4) is 0 Å². The Labute approximate surface area is 264 Å². The molecule has 1 N–H and O–H groups in total. The van der Waals surface area contributed by atoms with Gasteiger partial charge < -0.3 is 5.32 Å². The van der Waals surface area contributed by atoms with Gasteiger partial charge in [-0.3, -0.25) is 14.7 Å². The van der Waals surface area contributed by atoms with Gasteiger partial charge in [0.2, 0.25) is 0 Å². The minimum Gasteiger partial charge on any atom is -0.311 e. The van der Waals surface area contributed by atoms with Crippen molar-refractivity contribution in [1.82, 2.24) is 15.2 Å². The van der Waals surface area contributed by atoms with Crippen LogP contribution >= 0.6 is 0 Å². The topological polar surface area (TPSA) is 94.7 Å². The van der Waals surface area contributed by atoms with Crippen LogP contribution < -0.4 is 5.32 Å². The summed E-state index contributed by atoms with van der Waals surface area (Å²) in [7, 11) is 0. The summed E-state index contributed by atoms with van der Waals surface area (Å²) in [6.07, 6.45) is 19.5. The maximum Gasteiger partial charge on any atom is 0.274 e. The number of carbonyl (C=O) groups excluding carboxylic acids is 1. The van der Waals surface area contributed by atoms with E-state index in [2.05, 4.69) is 78.5 Å². The van der Waals surface area contributed by atoms with E-state index in [1.165, 1.54) is 11.9 Å². The van der Waals surface area contributed by atoms with Crippen LogP contribution in [0.25, 0.3) is 11.1 Å². The fourth-order valence-corrected chi connectivity index (χ4v) is 5.21. The van der Waals surface area contributed by atoms with E-state index in [0.29, 0.717) is 29.9 Å². The third-order valence-corrected chi connectivity index (χ3v) is 8.36. The van der Waals surface area contributed by atoms with Crippen molar-refractivity contribution in [3.63, 3.8) is 0 Å². The Morgan fingerprint density at radius 2 is 1.95 bits per heavy atom. The summed E-state index contributed by atoms with van der Waals surface area (Å²) in [4.78, 5) is 29.9. The molecule has 234 valence electrons. The lowest BCUT2D eigenvalue weighted by Crippen LogP contribution is -2.39. The quantitative estimate of drug-likeness (QED) is 0.144. The highest BCUT2D eigenvalue weighted by molar-refractivity contribution is 6.05. The molecule has 1 atom stereocenters. The summed E-state index contributed by atoms with van der Waals surface area (Å²) in [6.45, 7) is 20.2. The number of rotatable bonds is 13. The van der Waals surface area contributed by atoms with E-state index < -0.39 is 0 Å². The first-order valence-corrected chi connectivity index (χ1v) is 15.8. The molecular formula is C36H49N7O. The Balaban J connectivity index is 1.94. The van der Waals surface area contributed by atoms with E-state index in [1.807, 2.05) is 49.8 Å². The van der Waals surface area contributed by atoms with Gasteiger partial charge >= 0.3 is 0 Å². The standard InChI is InChI=1S/C36H49N7O/c1-9-14-15-32(34-23-43(19-18-40-42-34)29(12-4)13-5)38-24-39-36(44)33-20-31(28(11-3)22-37-21-25(6)10-2)30-17-16-26(7)27(8)35(30)41-33/h9,11,14-15,18,20-22,24-25,29H,3,10,12-13,16-17,19,23H2,1-2,4-8H3,(H,38,39,44)/b14-9-,28-22+,32-15-,37-21?. The minimum atomic E-state index is -0.342. The molecule has 1 amide bonds. The highest BCUT2D eigenvalue weighted by Gasteiger charge is 2.23. The zero-order valence-corrected chi connectivity index (χ0v) is 27.6. The van der Waals surface area contributed by atoms with Crippen molar-refractivity contribution in [2.24, 2.45) is 26.1 Å². The second kappa shape index (κ2) is 17.3. The van der Waals surface area contributed by atoms with Crippen LogP contribution in [-0.2, 0) is 6.42 Å². The van der Waals surface area contributed by atoms with Gasteiger partial charge in [-0.25, -0.2) is 9.98 Å². The predicted octanol–water partition coefficient (Wildman–Crippen LogP) is 7.61. The van der Waals surface area contributed by atoms with Gasteiger partial charge in [-0.15, -0.1) is 0 Å². The number of nitrogens with zero attached hydrogens (tertiary/aromatic N) is 6. The van der Waals surface area contributed by atoms with Crippen LogP contribution in [0.1, 0.15) is 101 Å². The molecule has 0 aromatic carbocycles. The summed E-state index contributed by atoms with van der Waals surface area (Å²) < 4.78 is 0. The predicted molar refractivity (Wildman–Crippen MR) is 188 cm³/mol. The van der Waals surface area contributed by atoms with Gasteiger partial charge in [0.15, 0.2) is 0 Å². The number of carbonyl (C=O) groups is 1. The van der Waals surface area contributed by atoms with Gasteiger partial charge in [0, 0.05) is 37.8 Å². The monoisotopic (exact) mass is 595 g/mol. The van der Waals surface area contributed by atoms with Crippen molar-refractivity contribution in [2.75, 3.05) is 13.1 Å². The Kier molecular flexibility index (Phi) is 13.5. The van der Waals surface area contributed by atoms with Crippen LogP contribution in [0.4, 0.5) is 0 Å². The van der Waals surface area contributed by atoms with Crippen molar-refractivity contribution >= 4 is 41.5 Å². The second-order valence-electron chi connectivity index (χ2n) is 11.3. The molecule has 0 saturated carbocycles. The molecular weight excluding hydrogens is 546 g/mol. The molecule has 0 spiro atoms. The Morgan fingerprint density at radius 1 is 1.18 bits per heavy atom. The van der Waals surface area contributed by atoms with Gasteiger partial charge in [0.25, 0.3) is 5.91 Å². The molecule has 8 nitrogen and oxygen atoms in total. The summed E-state index contributed by atoms with van der Waals surface area (Å²) >= 11 is 0. The first kappa shape index (κ1) is 34.5. The average molecular weight is 596 g/mol. The molecule has 0 bridgehead atoms. The molecule has 8 heteroatoms. The zero-order chi connectivity index (χ0) is 32.1. The molecule has 0 radical (unpaired) electrons. The molecule has 0 saturated heterocycles. The van der Waals surface area contributed by atoms with E-state index in [9.17, 15) is 4.79 Å². The third-order valence-electron chi connectivity index (χ3n) is 8.36. The highest BCUT2D eigenvalue weighted by atomic mass is 16.1. The van der Waals surface area contributed by atoms with Crippen molar-refractivity contribution in [2.45, 2.75) is 86.6 Å². The number of nitrogens with one attached hydrogen (secondary N) is 1. The summed E-state index contributed by atoms with van der Waals surface area (Å²) in [5, 5.41) is 11.5. The number of fused-ring (bicyclic) bond motifs is 1. The van der Waals surface area contributed by atoms with Crippen LogP contribution in [0.15, 0.2) is 74.6 Å². The van der Waals surface area contributed by atoms with Crippen LogP contribution in [0, 0.1) is 5.92 Å². The van der Waals surface area contributed by atoms with Crippen LogP contribution in [0.5, 0.6) is 0 Å². The van der Waals surface area contributed by atoms with Gasteiger partial charge in [-0.05, 0) is 93.2 Å². The first-order chi connectivity index (χ1) is 21.3. The van der Waals surface area contributed by atoms with E-state index in [0.717, 1.165) is 72.3 Å². The van der Waals surface area contributed by atoms with E-state index in [-0.39, 0.29) is 5.91 Å². The SMILES string of the molecule is C=C/C(=C\N=CC(C)CC)c1cc(C(=O)NC=N/C(=C\C=C/C)C2=NN=CCN(C(CC)CC)C2)nc2c1CCC(C)=C2C. The molecule has 2 heterocycles. The molecule has 1 aromatic heterocycles. The molecule has 1 aliphatic heterocycles. The molecule has 0 fully saturated rings. The summed E-state index contributed by atoms with van der Waals surface area (Å²) in [6, 6.07) is 2.27. The van der Waals surface area contributed by atoms with Crippen molar-refractivity contribution in [3.05, 3.63) is 76.9 Å². The molecule has 1 aliphatic carbocycles. The van der Waals surface area contributed by atoms with E-state index >= 15 is 0 Å². The number of aromatic nitrogens is 1. The van der Waals surface area contributed by atoms with Crippen LogP contribution in [-0.4, -0.2) is 59.4 Å². The minimum absolute atomic E-state index is 0.313. The highest BCUT2D eigenvalue weighted by Crippen LogP contribution is 2.35. The van der Waals surface area contributed by atoms with Crippen molar-refractivity contribution in [1.29, 1.82) is 0 Å². The number of aliphatic imine (C=N–C) groups is 2. The zero-order valence-electron chi connectivity index (χ0n) is 27.6. The van der Waals surface area contributed by atoms with Crippen molar-refractivity contribution in [3.8, 4) is 0 Å². The number of amides is 1. The number of hydrogen-bond acceptors (Lipinski definition) is 7. The first-order valence-electron chi connectivity index (χ1n) is 15.8. The largest absolute Gasteiger partial charge is 0.311 e. The van der Waals surface area contributed by atoms with Gasteiger partial charge in [-0.2, -0.15) is 10.2 Å². The fraction of sp³-hybridized carbons (Fsp3) is 0.444. The Bertz CT molecular complexity index is 1430. The molecule has 1 aromatic rings. The number of pyridine rings is 1. The molecule has 1 unspecified atom stereocenters. The van der Waals surface area contributed by atoms with Gasteiger partial charge in [0.05, 0.1) is 17.7 Å². The maximum atomic E-state index is 13.5. The maximum absolute atomic E-state index is 13.5. The van der Waals surface area contributed by atoms with E-state index in [4.69, 9.17) is 4.98 Å². The average Bonchev–Trinajstić information content (AvgIpc) is 3.29. The van der Waals surface area contributed by atoms with Crippen LogP contribution in [0.2, 0.25) is 0 Å². The fourth-order valence-electron chi connectivity index (χ4n) is 5.21. The third kappa shape index (κ3) is 8.99. The second-order valence-corrected chi connectivity index (χ2v) is 11.3. The Hall–Kier alpha value is -4.04. The smallest absolute Gasteiger partial charge is 0.274 e. The van der Waals surface area contributed by atoms with Crippen molar-refractivity contribution < 1.29 is 4.79 Å². The lowest BCUT2D eigenvalue weighted by atomic mass is 9.85. The normalized spacial score (nSPS) is 17.5. The molecule has 44 heavy (non-hydrogen) atoms. The molecule has 2 aliphatic rings. The number of hydrogen-bond donors (Lipinski definition) is 1. The van der Waals surface area contributed by atoms with Gasteiger partial charge in [-0.1, -0.05) is 58.1 Å². The Morgan fingerprint density at radius 3 is 2.64 bits per heavy atom.